The number of rotatable bonds is 3. The van der Waals surface area contributed by atoms with E-state index in [4.69, 9.17) is 12.2 Å². The van der Waals surface area contributed by atoms with Crippen LogP contribution in [-0.4, -0.2) is 16.7 Å². The molecular weight excluding hydrogens is 270 g/mol. The van der Waals surface area contributed by atoms with Crippen molar-refractivity contribution in [1.82, 2.24) is 5.32 Å². The molecule has 1 fully saturated rings. The summed E-state index contributed by atoms with van der Waals surface area (Å²) in [6.07, 6.45) is 3.67. The van der Waals surface area contributed by atoms with E-state index in [0.29, 0.717) is 6.42 Å². The highest BCUT2D eigenvalue weighted by molar-refractivity contribution is 7.80. The third-order valence-electron chi connectivity index (χ3n) is 3.17. The molecule has 1 aliphatic heterocycles. The van der Waals surface area contributed by atoms with E-state index in [1.165, 1.54) is 0 Å². The van der Waals surface area contributed by atoms with Gasteiger partial charge in [-0.05, 0) is 25.0 Å². The van der Waals surface area contributed by atoms with E-state index in [-0.39, 0.29) is 16.3 Å². The Balaban J connectivity index is 2.36. The molecule has 1 saturated heterocycles. The normalized spacial score (nSPS) is 20.9. The molecule has 1 aliphatic rings. The summed E-state index contributed by atoms with van der Waals surface area (Å²) in [5.41, 5.74) is 2.09. The van der Waals surface area contributed by atoms with E-state index in [0.717, 1.165) is 11.1 Å². The summed E-state index contributed by atoms with van der Waals surface area (Å²) in [6.45, 7) is 5.60. The van der Waals surface area contributed by atoms with Crippen molar-refractivity contribution in [3.63, 3.8) is 0 Å². The lowest BCUT2D eigenvalue weighted by Gasteiger charge is -2.23. The molecule has 0 aromatic heterocycles. The minimum atomic E-state index is -0.489. The fraction of sp³-hybridized carbons (Fsp3) is 0.188. The van der Waals surface area contributed by atoms with Crippen LogP contribution in [0.25, 0.3) is 6.08 Å². The molecule has 4 heteroatoms. The first-order chi connectivity index (χ1) is 9.52. The first kappa shape index (κ1) is 14.3. The van der Waals surface area contributed by atoms with Gasteiger partial charge in [-0.2, -0.15) is 0 Å². The highest BCUT2D eigenvalue weighted by Gasteiger charge is 2.34. The van der Waals surface area contributed by atoms with Crippen LogP contribution >= 0.6 is 12.2 Å². The van der Waals surface area contributed by atoms with E-state index in [1.54, 1.807) is 12.2 Å². The largest absolute Gasteiger partial charge is 0.316 e. The van der Waals surface area contributed by atoms with Crippen LogP contribution in [0.1, 0.15) is 17.5 Å². The second-order valence-electron chi connectivity index (χ2n) is 4.73. The summed E-state index contributed by atoms with van der Waals surface area (Å²) in [5.74, 6) is -1.16. The molecule has 1 unspecified atom stereocenters. The number of allylic oxidation sites excluding steroid dienone is 1. The molecule has 0 radical (unpaired) electrons. The molecule has 20 heavy (non-hydrogen) atoms. The Hall–Kier alpha value is -2.07. The predicted molar refractivity (Wildman–Crippen MR) is 83.2 cm³/mol. The number of benzene rings is 1. The minimum absolute atomic E-state index is 0.148. The van der Waals surface area contributed by atoms with E-state index in [2.05, 4.69) is 11.9 Å². The first-order valence-corrected chi connectivity index (χ1v) is 6.72. The fourth-order valence-corrected chi connectivity index (χ4v) is 2.33. The summed E-state index contributed by atoms with van der Waals surface area (Å²) >= 11 is 5.05. The zero-order valence-electron chi connectivity index (χ0n) is 11.2. The van der Waals surface area contributed by atoms with Crippen LogP contribution in [-0.2, 0) is 9.59 Å². The Bertz CT molecular complexity index is 614. The number of thiocarbonyl (C=S) groups is 1. The molecule has 1 aromatic rings. The average Bonchev–Trinajstić information content (AvgIpc) is 2.41. The number of amides is 1. The smallest absolute Gasteiger partial charge is 0.259 e. The summed E-state index contributed by atoms with van der Waals surface area (Å²) in [6, 6.07) is 7.61. The third-order valence-corrected chi connectivity index (χ3v) is 3.56. The minimum Gasteiger partial charge on any atom is -0.316 e. The predicted octanol–water partition coefficient (Wildman–Crippen LogP) is 2.60. The van der Waals surface area contributed by atoms with Crippen molar-refractivity contribution in [2.75, 3.05) is 0 Å². The van der Waals surface area contributed by atoms with Gasteiger partial charge in [0.25, 0.3) is 5.91 Å². The maximum Gasteiger partial charge on any atom is 0.259 e. The van der Waals surface area contributed by atoms with Crippen molar-refractivity contribution < 1.29 is 9.59 Å². The highest BCUT2D eigenvalue weighted by Crippen LogP contribution is 2.21. The van der Waals surface area contributed by atoms with Gasteiger partial charge >= 0.3 is 0 Å². The van der Waals surface area contributed by atoms with E-state index in [1.807, 2.05) is 31.2 Å². The number of carbonyl (C=O) groups excluding carboxylic acids is 2. The van der Waals surface area contributed by atoms with Crippen LogP contribution in [0.3, 0.4) is 0 Å². The lowest BCUT2D eigenvalue weighted by atomic mass is 9.89. The zero-order valence-corrected chi connectivity index (χ0v) is 12.0. The fourth-order valence-electron chi connectivity index (χ4n) is 2.03. The zero-order chi connectivity index (χ0) is 14.7. The lowest BCUT2D eigenvalue weighted by molar-refractivity contribution is -0.124. The van der Waals surface area contributed by atoms with Gasteiger partial charge in [-0.3, -0.25) is 9.59 Å². The Kier molecular flexibility index (Phi) is 4.25. The molecule has 1 amide bonds. The Morgan fingerprint density at radius 1 is 1.30 bits per heavy atom. The first-order valence-electron chi connectivity index (χ1n) is 6.31. The number of hydrogen-bond acceptors (Lipinski definition) is 3. The van der Waals surface area contributed by atoms with Crippen molar-refractivity contribution >= 4 is 35.0 Å². The number of carbonyl (C=O) groups is 2. The molecule has 1 aromatic carbocycles. The Morgan fingerprint density at radius 2 is 1.95 bits per heavy atom. The molecule has 0 bridgehead atoms. The van der Waals surface area contributed by atoms with Crippen molar-refractivity contribution in [2.24, 2.45) is 5.92 Å². The van der Waals surface area contributed by atoms with Gasteiger partial charge in [-0.15, -0.1) is 6.58 Å². The molecule has 1 atom stereocenters. The van der Waals surface area contributed by atoms with Gasteiger partial charge in [-0.1, -0.05) is 48.1 Å². The summed E-state index contributed by atoms with van der Waals surface area (Å²) in [5, 5.41) is 2.58. The second kappa shape index (κ2) is 5.92. The van der Waals surface area contributed by atoms with E-state index >= 15 is 0 Å². The molecular formula is C16H15NO2S. The monoisotopic (exact) mass is 285 g/mol. The molecule has 3 nitrogen and oxygen atoms in total. The number of aryl methyl sites for hydroxylation is 1. The van der Waals surface area contributed by atoms with Crippen LogP contribution in [0, 0.1) is 12.8 Å². The molecule has 0 saturated carbocycles. The van der Waals surface area contributed by atoms with E-state index < -0.39 is 11.8 Å². The van der Waals surface area contributed by atoms with Gasteiger partial charge in [0.1, 0.15) is 0 Å². The number of piperidine rings is 1. The van der Waals surface area contributed by atoms with Crippen molar-refractivity contribution in [2.45, 2.75) is 13.3 Å². The molecule has 1 N–H and O–H groups in total. The van der Waals surface area contributed by atoms with Gasteiger partial charge in [0.15, 0.2) is 5.78 Å². The van der Waals surface area contributed by atoms with Gasteiger partial charge < -0.3 is 5.32 Å². The second-order valence-corrected chi connectivity index (χ2v) is 5.17. The van der Waals surface area contributed by atoms with Crippen molar-refractivity contribution in [1.29, 1.82) is 0 Å². The number of ketones is 1. The maximum absolute atomic E-state index is 12.3. The van der Waals surface area contributed by atoms with Gasteiger partial charge in [0.05, 0.1) is 16.5 Å². The standard InChI is InChI=1S/C16H15NO2S/c1-3-4-12-14(18)13(15(19)17-16(12)20)9-11-7-5-10(2)6-8-11/h3,5-9,12H,1,4H2,2H3,(H,17,19,20). The van der Waals surface area contributed by atoms with Crippen LogP contribution in [0.4, 0.5) is 0 Å². The topological polar surface area (TPSA) is 46.2 Å². The van der Waals surface area contributed by atoms with Gasteiger partial charge in [-0.25, -0.2) is 0 Å². The SMILES string of the molecule is C=CCC1C(=O)C(=Cc2ccc(C)cc2)C(=O)NC1=S. The molecule has 2 rings (SSSR count). The van der Waals surface area contributed by atoms with Gasteiger partial charge in [0.2, 0.25) is 0 Å². The molecule has 102 valence electrons. The summed E-state index contributed by atoms with van der Waals surface area (Å²) in [4.78, 5) is 24.5. The molecule has 0 spiro atoms. The van der Waals surface area contributed by atoms with Gasteiger partial charge in [0, 0.05) is 0 Å². The highest BCUT2D eigenvalue weighted by atomic mass is 32.1. The molecule has 0 aliphatic carbocycles. The molecule has 1 heterocycles. The lowest BCUT2D eigenvalue weighted by Crippen LogP contribution is -2.46. The average molecular weight is 285 g/mol. The quantitative estimate of drug-likeness (QED) is 0.402. The van der Waals surface area contributed by atoms with Crippen LogP contribution in [0.2, 0.25) is 0 Å². The van der Waals surface area contributed by atoms with Crippen molar-refractivity contribution in [3.05, 3.63) is 53.6 Å². The van der Waals surface area contributed by atoms with Crippen LogP contribution in [0.5, 0.6) is 0 Å². The number of nitrogens with one attached hydrogen (secondary N) is 1. The number of Topliss-reactive ketones (excluding diaryl/α,β-unsaturated/α-hetero) is 1. The third kappa shape index (κ3) is 2.91. The van der Waals surface area contributed by atoms with Crippen molar-refractivity contribution in [3.8, 4) is 0 Å². The van der Waals surface area contributed by atoms with Crippen LogP contribution in [0.15, 0.2) is 42.5 Å². The maximum atomic E-state index is 12.3. The Labute approximate surface area is 123 Å². The summed E-state index contributed by atoms with van der Waals surface area (Å²) in [7, 11) is 0. The Morgan fingerprint density at radius 3 is 2.55 bits per heavy atom. The van der Waals surface area contributed by atoms with Crippen LogP contribution < -0.4 is 5.32 Å². The number of hydrogen-bond donors (Lipinski definition) is 1. The summed E-state index contributed by atoms with van der Waals surface area (Å²) < 4.78 is 0. The van der Waals surface area contributed by atoms with E-state index in [9.17, 15) is 9.59 Å².